The number of anilines is 1. The maximum Gasteiger partial charge on any atom is 0.129 e. The van der Waals surface area contributed by atoms with E-state index in [2.05, 4.69) is 20.9 Å². The molecule has 1 heterocycles. The van der Waals surface area contributed by atoms with Gasteiger partial charge in [-0.25, -0.2) is 4.39 Å². The van der Waals surface area contributed by atoms with E-state index in [0.717, 1.165) is 10.9 Å². The van der Waals surface area contributed by atoms with Crippen LogP contribution >= 0.6 is 15.9 Å². The van der Waals surface area contributed by atoms with Gasteiger partial charge in [-0.3, -0.25) is 4.98 Å². The maximum atomic E-state index is 13.1. The van der Waals surface area contributed by atoms with Crippen LogP contribution in [0.1, 0.15) is 5.56 Å². The molecular formula is C16H12BrFN2O. The molecule has 21 heavy (non-hydrogen) atoms. The summed E-state index contributed by atoms with van der Waals surface area (Å²) in [5.74, 6) is 0.413. The van der Waals surface area contributed by atoms with Crippen LogP contribution in [0, 0.1) is 5.82 Å². The van der Waals surface area contributed by atoms with Gasteiger partial charge in [0.25, 0.3) is 0 Å². The number of nitrogens with zero attached hydrogens (tertiary/aromatic N) is 1. The van der Waals surface area contributed by atoms with E-state index in [0.29, 0.717) is 28.0 Å². The molecular weight excluding hydrogens is 335 g/mol. The van der Waals surface area contributed by atoms with Gasteiger partial charge >= 0.3 is 0 Å². The van der Waals surface area contributed by atoms with Gasteiger partial charge in [0.2, 0.25) is 0 Å². The minimum absolute atomic E-state index is 0.284. The van der Waals surface area contributed by atoms with Crippen LogP contribution < -0.4 is 10.5 Å². The first kappa shape index (κ1) is 13.8. The SMILES string of the molecule is Nc1ccc(OCc2ccc(F)cc2Br)c2cccnc12. The van der Waals surface area contributed by atoms with Crippen molar-refractivity contribution in [3.8, 4) is 5.75 Å². The standard InChI is InChI=1S/C16H12BrFN2O/c17-13-8-11(18)4-3-10(13)9-21-15-6-5-14(19)16-12(15)2-1-7-20-16/h1-8H,9,19H2. The van der Waals surface area contributed by atoms with Crippen molar-refractivity contribution in [2.75, 3.05) is 5.73 Å². The third-order valence-corrected chi connectivity index (χ3v) is 3.90. The predicted molar refractivity (Wildman–Crippen MR) is 84.6 cm³/mol. The van der Waals surface area contributed by atoms with Gasteiger partial charge in [0.1, 0.15) is 18.2 Å². The van der Waals surface area contributed by atoms with Crippen LogP contribution in [0.2, 0.25) is 0 Å². The quantitative estimate of drug-likeness (QED) is 0.719. The monoisotopic (exact) mass is 346 g/mol. The molecule has 0 fully saturated rings. The number of benzene rings is 2. The van der Waals surface area contributed by atoms with Crippen molar-refractivity contribution in [3.05, 3.63) is 64.5 Å². The normalized spacial score (nSPS) is 10.8. The minimum Gasteiger partial charge on any atom is -0.488 e. The summed E-state index contributed by atoms with van der Waals surface area (Å²) < 4.78 is 19.6. The summed E-state index contributed by atoms with van der Waals surface area (Å²) in [6.45, 7) is 0.328. The summed E-state index contributed by atoms with van der Waals surface area (Å²) in [4.78, 5) is 4.26. The molecule has 3 nitrogen and oxygen atoms in total. The number of rotatable bonds is 3. The Bertz CT molecular complexity index is 807. The molecule has 0 bridgehead atoms. The molecule has 0 atom stereocenters. The Morgan fingerprint density at radius 2 is 2.05 bits per heavy atom. The Balaban J connectivity index is 1.90. The lowest BCUT2D eigenvalue weighted by Crippen LogP contribution is -1.99. The molecule has 0 aliphatic carbocycles. The van der Waals surface area contributed by atoms with Gasteiger partial charge in [-0.15, -0.1) is 0 Å². The van der Waals surface area contributed by atoms with Crippen LogP contribution in [-0.4, -0.2) is 4.98 Å². The third-order valence-electron chi connectivity index (χ3n) is 3.16. The van der Waals surface area contributed by atoms with Crippen LogP contribution in [0.25, 0.3) is 10.9 Å². The molecule has 3 rings (SSSR count). The first-order valence-electron chi connectivity index (χ1n) is 6.35. The van der Waals surface area contributed by atoms with Gasteiger partial charge in [0.15, 0.2) is 0 Å². The zero-order chi connectivity index (χ0) is 14.8. The fourth-order valence-corrected chi connectivity index (χ4v) is 2.55. The molecule has 0 amide bonds. The van der Waals surface area contributed by atoms with E-state index in [1.165, 1.54) is 12.1 Å². The zero-order valence-corrected chi connectivity index (χ0v) is 12.6. The van der Waals surface area contributed by atoms with Gasteiger partial charge in [-0.2, -0.15) is 0 Å². The van der Waals surface area contributed by atoms with Crippen molar-refractivity contribution in [1.82, 2.24) is 4.98 Å². The number of nitrogen functional groups attached to an aromatic ring is 1. The second-order valence-corrected chi connectivity index (χ2v) is 5.43. The van der Waals surface area contributed by atoms with Crippen LogP contribution in [0.4, 0.5) is 10.1 Å². The summed E-state index contributed by atoms with van der Waals surface area (Å²) in [6, 6.07) is 11.8. The second kappa shape index (κ2) is 5.69. The Kier molecular flexibility index (Phi) is 3.75. The summed E-state index contributed by atoms with van der Waals surface area (Å²) in [7, 11) is 0. The predicted octanol–water partition coefficient (Wildman–Crippen LogP) is 4.30. The van der Waals surface area contributed by atoms with Crippen molar-refractivity contribution in [2.24, 2.45) is 0 Å². The lowest BCUT2D eigenvalue weighted by atomic mass is 10.1. The highest BCUT2D eigenvalue weighted by Gasteiger charge is 2.07. The van der Waals surface area contributed by atoms with E-state index in [4.69, 9.17) is 10.5 Å². The first-order valence-corrected chi connectivity index (χ1v) is 7.14. The zero-order valence-electron chi connectivity index (χ0n) is 11.0. The molecule has 3 aromatic rings. The molecule has 2 N–H and O–H groups in total. The number of nitrogens with two attached hydrogens (primary N) is 1. The lowest BCUT2D eigenvalue weighted by molar-refractivity contribution is 0.309. The van der Waals surface area contributed by atoms with Gasteiger partial charge in [-0.05, 0) is 36.4 Å². The highest BCUT2D eigenvalue weighted by Crippen LogP contribution is 2.29. The summed E-state index contributed by atoms with van der Waals surface area (Å²) in [5.41, 5.74) is 8.10. The van der Waals surface area contributed by atoms with Gasteiger partial charge in [-0.1, -0.05) is 22.0 Å². The number of pyridine rings is 1. The molecule has 106 valence electrons. The third kappa shape index (κ3) is 2.83. The molecule has 0 radical (unpaired) electrons. The molecule has 0 saturated heterocycles. The fraction of sp³-hybridized carbons (Fsp3) is 0.0625. The summed E-state index contributed by atoms with van der Waals surface area (Å²) >= 11 is 3.33. The number of fused-ring (bicyclic) bond motifs is 1. The van der Waals surface area contributed by atoms with Crippen LogP contribution in [-0.2, 0) is 6.61 Å². The van der Waals surface area contributed by atoms with E-state index in [1.54, 1.807) is 18.3 Å². The van der Waals surface area contributed by atoms with Crippen LogP contribution in [0.3, 0.4) is 0 Å². The summed E-state index contributed by atoms with van der Waals surface area (Å²) in [5, 5.41) is 0.857. The Morgan fingerprint density at radius 1 is 1.19 bits per heavy atom. The number of hydrogen-bond acceptors (Lipinski definition) is 3. The smallest absolute Gasteiger partial charge is 0.129 e. The largest absolute Gasteiger partial charge is 0.488 e. The maximum absolute atomic E-state index is 13.1. The molecule has 0 aliphatic heterocycles. The van der Waals surface area contributed by atoms with E-state index >= 15 is 0 Å². The molecule has 2 aromatic carbocycles. The summed E-state index contributed by atoms with van der Waals surface area (Å²) in [6.07, 6.45) is 1.69. The fourth-order valence-electron chi connectivity index (χ4n) is 2.09. The molecule has 0 saturated carbocycles. The van der Waals surface area contributed by atoms with Crippen molar-refractivity contribution < 1.29 is 9.13 Å². The van der Waals surface area contributed by atoms with E-state index in [9.17, 15) is 4.39 Å². The van der Waals surface area contributed by atoms with Crippen molar-refractivity contribution >= 4 is 32.5 Å². The topological polar surface area (TPSA) is 48.1 Å². The second-order valence-electron chi connectivity index (χ2n) is 4.58. The Labute approximate surface area is 129 Å². The van der Waals surface area contributed by atoms with Gasteiger partial charge in [0.05, 0.1) is 11.2 Å². The average molecular weight is 347 g/mol. The van der Waals surface area contributed by atoms with E-state index in [-0.39, 0.29) is 5.82 Å². The van der Waals surface area contributed by atoms with Crippen molar-refractivity contribution in [3.63, 3.8) is 0 Å². The number of halogens is 2. The van der Waals surface area contributed by atoms with E-state index < -0.39 is 0 Å². The van der Waals surface area contributed by atoms with Crippen LogP contribution in [0.15, 0.2) is 53.1 Å². The molecule has 0 spiro atoms. The van der Waals surface area contributed by atoms with Crippen molar-refractivity contribution in [2.45, 2.75) is 6.61 Å². The highest BCUT2D eigenvalue weighted by atomic mass is 79.9. The Morgan fingerprint density at radius 3 is 2.86 bits per heavy atom. The van der Waals surface area contributed by atoms with E-state index in [1.807, 2.05) is 18.2 Å². The molecule has 5 heteroatoms. The van der Waals surface area contributed by atoms with Crippen LogP contribution in [0.5, 0.6) is 5.75 Å². The van der Waals surface area contributed by atoms with Crippen molar-refractivity contribution in [1.29, 1.82) is 0 Å². The molecule has 0 unspecified atom stereocenters. The average Bonchev–Trinajstić information content (AvgIpc) is 2.48. The number of hydrogen-bond donors (Lipinski definition) is 1. The van der Waals surface area contributed by atoms with Gasteiger partial charge < -0.3 is 10.5 Å². The lowest BCUT2D eigenvalue weighted by Gasteiger charge is -2.11. The molecule has 1 aromatic heterocycles. The Hall–Kier alpha value is -2.14. The number of aromatic nitrogens is 1. The first-order chi connectivity index (χ1) is 10.1. The minimum atomic E-state index is -0.284. The van der Waals surface area contributed by atoms with Gasteiger partial charge in [0, 0.05) is 21.6 Å². The highest BCUT2D eigenvalue weighted by molar-refractivity contribution is 9.10. The number of ether oxygens (including phenoxy) is 1. The molecule has 0 aliphatic rings.